The molecule has 1 aliphatic rings. The summed E-state index contributed by atoms with van der Waals surface area (Å²) < 4.78 is 0. The highest BCUT2D eigenvalue weighted by molar-refractivity contribution is 7.08. The maximum atomic E-state index is 12.8. The Hall–Kier alpha value is -1.49. The van der Waals surface area contributed by atoms with Gasteiger partial charge in [0.15, 0.2) is 5.78 Å². The Morgan fingerprint density at radius 3 is 1.86 bits per heavy atom. The number of quaternary nitrogens is 1. The van der Waals surface area contributed by atoms with Crippen molar-refractivity contribution in [2.45, 2.75) is 19.9 Å². The molecular formula is C18H20NOS2+. The van der Waals surface area contributed by atoms with Crippen LogP contribution >= 0.6 is 22.7 Å². The zero-order valence-corrected chi connectivity index (χ0v) is 14.5. The summed E-state index contributed by atoms with van der Waals surface area (Å²) in [4.78, 5) is 14.2. The molecular weight excluding hydrogens is 310 g/mol. The van der Waals surface area contributed by atoms with Gasteiger partial charge in [-0.15, -0.1) is 0 Å². The molecule has 1 fully saturated rings. The van der Waals surface area contributed by atoms with Crippen LogP contribution in [0.15, 0.2) is 44.8 Å². The number of ketones is 1. The monoisotopic (exact) mass is 330 g/mol. The second kappa shape index (κ2) is 6.73. The van der Waals surface area contributed by atoms with Gasteiger partial charge in [0.2, 0.25) is 0 Å². The van der Waals surface area contributed by atoms with Gasteiger partial charge < -0.3 is 4.90 Å². The minimum absolute atomic E-state index is 0.210. The molecule has 0 bridgehead atoms. The van der Waals surface area contributed by atoms with Crippen LogP contribution in [0.4, 0.5) is 0 Å². The average molecular weight is 330 g/mol. The van der Waals surface area contributed by atoms with E-state index in [0.717, 1.165) is 35.4 Å². The first-order chi connectivity index (χ1) is 10.6. The Morgan fingerprint density at radius 1 is 1.00 bits per heavy atom. The number of carbonyl (C=O) groups is 1. The van der Waals surface area contributed by atoms with E-state index >= 15 is 0 Å². The number of hydrogen-bond donors (Lipinski definition) is 1. The molecule has 0 aromatic carbocycles. The minimum Gasteiger partial charge on any atom is -0.325 e. The Balaban J connectivity index is 1.95. The van der Waals surface area contributed by atoms with Gasteiger partial charge in [-0.1, -0.05) is 0 Å². The molecule has 1 aliphatic heterocycles. The van der Waals surface area contributed by atoms with Crippen molar-refractivity contribution in [1.82, 2.24) is 0 Å². The second-order valence-electron chi connectivity index (χ2n) is 5.95. The van der Waals surface area contributed by atoms with Gasteiger partial charge >= 0.3 is 0 Å². The molecule has 1 unspecified atom stereocenters. The Morgan fingerprint density at radius 2 is 1.50 bits per heavy atom. The first-order valence-corrected chi connectivity index (χ1v) is 9.37. The lowest BCUT2D eigenvalue weighted by molar-refractivity contribution is -0.912. The topological polar surface area (TPSA) is 21.5 Å². The van der Waals surface area contributed by atoms with Crippen LogP contribution in [0, 0.1) is 0 Å². The Labute approximate surface area is 139 Å². The van der Waals surface area contributed by atoms with Gasteiger partial charge in [0.1, 0.15) is 13.1 Å². The fourth-order valence-electron chi connectivity index (χ4n) is 2.68. The van der Waals surface area contributed by atoms with Gasteiger partial charge in [-0.3, -0.25) is 4.79 Å². The predicted octanol–water partition coefficient (Wildman–Crippen LogP) is 3.15. The van der Waals surface area contributed by atoms with E-state index in [1.165, 1.54) is 4.90 Å². The van der Waals surface area contributed by atoms with Crippen molar-refractivity contribution in [3.8, 4) is 0 Å². The SMILES string of the molecule is CC(C)[NH+]1C/C(=C/c2ccsc2)C(=O)/C(=C/c2ccsc2)C1. The molecule has 4 heteroatoms. The first-order valence-electron chi connectivity index (χ1n) is 7.48. The van der Waals surface area contributed by atoms with Gasteiger partial charge in [0.25, 0.3) is 0 Å². The van der Waals surface area contributed by atoms with Gasteiger partial charge in [-0.2, -0.15) is 22.7 Å². The van der Waals surface area contributed by atoms with Gasteiger partial charge in [0, 0.05) is 0 Å². The molecule has 1 N–H and O–H groups in total. The van der Waals surface area contributed by atoms with Crippen molar-refractivity contribution < 1.29 is 9.69 Å². The molecule has 2 aromatic rings. The summed E-state index contributed by atoms with van der Waals surface area (Å²) in [5.41, 5.74) is 4.12. The maximum Gasteiger partial charge on any atom is 0.196 e. The average Bonchev–Trinajstić information content (AvgIpc) is 3.16. The van der Waals surface area contributed by atoms with Crippen molar-refractivity contribution in [3.05, 3.63) is 55.9 Å². The van der Waals surface area contributed by atoms with Crippen molar-refractivity contribution in [2.24, 2.45) is 0 Å². The van der Waals surface area contributed by atoms with E-state index in [1.54, 1.807) is 22.7 Å². The van der Waals surface area contributed by atoms with Gasteiger partial charge in [-0.25, -0.2) is 0 Å². The third kappa shape index (κ3) is 3.46. The quantitative estimate of drug-likeness (QED) is 0.858. The fraction of sp³-hybridized carbons (Fsp3) is 0.278. The number of thiophene rings is 2. The third-order valence-electron chi connectivity index (χ3n) is 4.00. The highest BCUT2D eigenvalue weighted by atomic mass is 32.1. The molecule has 3 rings (SSSR count). The number of hydrogen-bond acceptors (Lipinski definition) is 3. The zero-order chi connectivity index (χ0) is 15.5. The lowest BCUT2D eigenvalue weighted by Crippen LogP contribution is -3.16. The summed E-state index contributed by atoms with van der Waals surface area (Å²) in [5.74, 6) is 0.210. The summed E-state index contributed by atoms with van der Waals surface area (Å²) in [7, 11) is 0. The normalized spacial score (nSPS) is 22.9. The lowest BCUT2D eigenvalue weighted by Gasteiger charge is -2.29. The van der Waals surface area contributed by atoms with E-state index in [1.807, 2.05) is 0 Å². The second-order valence-corrected chi connectivity index (χ2v) is 7.51. The van der Waals surface area contributed by atoms with Crippen LogP contribution in [-0.2, 0) is 4.79 Å². The molecule has 2 nitrogen and oxygen atoms in total. The summed E-state index contributed by atoms with van der Waals surface area (Å²) >= 11 is 3.33. The number of Topliss-reactive ketones (excluding diaryl/α,β-unsaturated/α-hetero) is 1. The highest BCUT2D eigenvalue weighted by Crippen LogP contribution is 2.18. The molecule has 0 amide bonds. The molecule has 3 heterocycles. The number of piperidine rings is 1. The van der Waals surface area contributed by atoms with Crippen molar-refractivity contribution >= 4 is 40.6 Å². The molecule has 1 saturated heterocycles. The standard InChI is InChI=1S/C18H19NOS2/c1-13(2)19-9-16(7-14-3-5-21-11-14)18(20)17(10-19)8-15-4-6-22-12-15/h3-8,11-13H,9-10H2,1-2H3/p+1/b16-7-,17-8+. The van der Waals surface area contributed by atoms with Crippen LogP contribution in [0.25, 0.3) is 12.2 Å². The molecule has 0 aliphatic carbocycles. The highest BCUT2D eigenvalue weighted by Gasteiger charge is 2.30. The van der Waals surface area contributed by atoms with Crippen LogP contribution < -0.4 is 4.90 Å². The van der Waals surface area contributed by atoms with Gasteiger partial charge in [0.05, 0.1) is 17.2 Å². The lowest BCUT2D eigenvalue weighted by atomic mass is 9.94. The zero-order valence-electron chi connectivity index (χ0n) is 12.8. The first kappa shape index (κ1) is 15.4. The fourth-order valence-corrected chi connectivity index (χ4v) is 3.91. The molecule has 0 radical (unpaired) electrons. The van der Waals surface area contributed by atoms with E-state index in [-0.39, 0.29) is 5.78 Å². The van der Waals surface area contributed by atoms with Crippen LogP contribution in [0.2, 0.25) is 0 Å². The van der Waals surface area contributed by atoms with Crippen LogP contribution in [0.1, 0.15) is 25.0 Å². The maximum absolute atomic E-state index is 12.8. The Bertz CT molecular complexity index is 637. The van der Waals surface area contributed by atoms with Crippen LogP contribution in [-0.4, -0.2) is 24.9 Å². The van der Waals surface area contributed by atoms with E-state index in [4.69, 9.17) is 0 Å². The van der Waals surface area contributed by atoms with Crippen LogP contribution in [0.5, 0.6) is 0 Å². The van der Waals surface area contributed by atoms with Crippen molar-refractivity contribution in [2.75, 3.05) is 13.1 Å². The van der Waals surface area contributed by atoms with Crippen molar-refractivity contribution in [1.29, 1.82) is 0 Å². The molecule has 114 valence electrons. The van der Waals surface area contributed by atoms with Gasteiger partial charge in [-0.05, 0) is 70.8 Å². The molecule has 0 spiro atoms. The number of carbonyl (C=O) groups excluding carboxylic acids is 1. The summed E-state index contributed by atoms with van der Waals surface area (Å²) in [5, 5.41) is 8.28. The van der Waals surface area contributed by atoms with Crippen LogP contribution in [0.3, 0.4) is 0 Å². The van der Waals surface area contributed by atoms with E-state index < -0.39 is 0 Å². The largest absolute Gasteiger partial charge is 0.325 e. The molecule has 22 heavy (non-hydrogen) atoms. The predicted molar refractivity (Wildman–Crippen MR) is 95.4 cm³/mol. The van der Waals surface area contributed by atoms with Crippen molar-refractivity contribution in [3.63, 3.8) is 0 Å². The molecule has 2 aromatic heterocycles. The number of likely N-dealkylation sites (tertiary alicyclic amines) is 1. The third-order valence-corrected chi connectivity index (χ3v) is 5.41. The number of rotatable bonds is 3. The smallest absolute Gasteiger partial charge is 0.196 e. The Kier molecular flexibility index (Phi) is 4.71. The summed E-state index contributed by atoms with van der Waals surface area (Å²) in [6.45, 7) is 6.06. The molecule has 1 atom stereocenters. The van der Waals surface area contributed by atoms with E-state index in [0.29, 0.717) is 6.04 Å². The van der Waals surface area contributed by atoms with E-state index in [9.17, 15) is 4.79 Å². The minimum atomic E-state index is 0.210. The summed E-state index contributed by atoms with van der Waals surface area (Å²) in [6.07, 6.45) is 4.11. The van der Waals surface area contributed by atoms with E-state index in [2.05, 4.69) is 59.7 Å². The summed E-state index contributed by atoms with van der Waals surface area (Å²) in [6, 6.07) is 4.64. The molecule has 0 saturated carbocycles. The number of nitrogens with one attached hydrogen (secondary N) is 1.